The van der Waals surface area contributed by atoms with Crippen LogP contribution >= 0.6 is 24.0 Å². The number of hydrogen-bond donors (Lipinski definition) is 2. The maximum atomic E-state index is 11.8. The van der Waals surface area contributed by atoms with E-state index in [1.165, 1.54) is 14.2 Å². The maximum absolute atomic E-state index is 11.8. The molecule has 0 bridgehead atoms. The number of methoxy groups -OCH3 is 2. The molecular weight excluding hydrogens is 449 g/mol. The Morgan fingerprint density at radius 3 is 2.58 bits per heavy atom. The standard InChI is InChI=1S/C18H29N3O4.HI/c1-5-19-18(20-10-7-11-25-6-2)21-13-14-8-9-16(23-3)15(12-14)17(22)24-4;/h8-9,12H,5-7,10-11,13H2,1-4H3,(H2,19,20,21);1H. The highest BCUT2D eigenvalue weighted by Gasteiger charge is 2.13. The molecule has 0 atom stereocenters. The molecule has 0 saturated carbocycles. The van der Waals surface area contributed by atoms with E-state index in [2.05, 4.69) is 15.6 Å². The fourth-order valence-corrected chi connectivity index (χ4v) is 2.16. The molecule has 148 valence electrons. The molecule has 7 nitrogen and oxygen atoms in total. The SMILES string of the molecule is CCNC(=NCc1ccc(OC)c(C(=O)OC)c1)NCCCOCC.I. The van der Waals surface area contributed by atoms with E-state index in [1.807, 2.05) is 19.9 Å². The number of ether oxygens (including phenoxy) is 3. The van der Waals surface area contributed by atoms with Crippen LogP contribution in [0.15, 0.2) is 23.2 Å². The third kappa shape index (κ3) is 8.70. The highest BCUT2D eigenvalue weighted by Crippen LogP contribution is 2.21. The monoisotopic (exact) mass is 479 g/mol. The Hall–Kier alpha value is -1.55. The first-order valence-electron chi connectivity index (χ1n) is 8.51. The van der Waals surface area contributed by atoms with E-state index >= 15 is 0 Å². The highest BCUT2D eigenvalue weighted by molar-refractivity contribution is 14.0. The Morgan fingerprint density at radius 2 is 1.96 bits per heavy atom. The number of halogens is 1. The van der Waals surface area contributed by atoms with Crippen LogP contribution in [0, 0.1) is 0 Å². The van der Waals surface area contributed by atoms with Gasteiger partial charge in [0.2, 0.25) is 0 Å². The van der Waals surface area contributed by atoms with Gasteiger partial charge in [-0.15, -0.1) is 24.0 Å². The van der Waals surface area contributed by atoms with Gasteiger partial charge in [-0.05, 0) is 38.0 Å². The quantitative estimate of drug-likeness (QED) is 0.177. The molecule has 0 radical (unpaired) electrons. The molecule has 0 fully saturated rings. The van der Waals surface area contributed by atoms with Crippen molar-refractivity contribution in [2.75, 3.05) is 40.5 Å². The molecule has 1 aromatic carbocycles. The molecule has 0 heterocycles. The molecule has 0 aliphatic rings. The Labute approximate surface area is 172 Å². The van der Waals surface area contributed by atoms with Crippen LogP contribution in [-0.4, -0.2) is 52.5 Å². The summed E-state index contributed by atoms with van der Waals surface area (Å²) in [6.07, 6.45) is 0.910. The van der Waals surface area contributed by atoms with Crippen molar-refractivity contribution in [2.24, 2.45) is 4.99 Å². The van der Waals surface area contributed by atoms with Gasteiger partial charge in [0.05, 0.1) is 20.8 Å². The van der Waals surface area contributed by atoms with Crippen molar-refractivity contribution < 1.29 is 19.0 Å². The van der Waals surface area contributed by atoms with Crippen molar-refractivity contribution in [3.63, 3.8) is 0 Å². The van der Waals surface area contributed by atoms with Crippen LogP contribution in [-0.2, 0) is 16.0 Å². The molecule has 0 unspecified atom stereocenters. The fraction of sp³-hybridized carbons (Fsp3) is 0.556. The maximum Gasteiger partial charge on any atom is 0.341 e. The summed E-state index contributed by atoms with van der Waals surface area (Å²) in [5.41, 5.74) is 1.29. The minimum atomic E-state index is -0.427. The van der Waals surface area contributed by atoms with Crippen LogP contribution in [0.5, 0.6) is 5.75 Å². The Kier molecular flexibility index (Phi) is 13.7. The van der Waals surface area contributed by atoms with E-state index in [4.69, 9.17) is 14.2 Å². The lowest BCUT2D eigenvalue weighted by molar-refractivity contribution is 0.0597. The van der Waals surface area contributed by atoms with Crippen LogP contribution in [0.2, 0.25) is 0 Å². The molecule has 26 heavy (non-hydrogen) atoms. The summed E-state index contributed by atoms with van der Waals surface area (Å²) in [5, 5.41) is 6.46. The molecule has 0 aliphatic carbocycles. The predicted octanol–water partition coefficient (Wildman–Crippen LogP) is 2.58. The summed E-state index contributed by atoms with van der Waals surface area (Å²) < 4.78 is 15.3. The summed E-state index contributed by atoms with van der Waals surface area (Å²) in [5.74, 6) is 0.790. The van der Waals surface area contributed by atoms with E-state index in [9.17, 15) is 4.79 Å². The van der Waals surface area contributed by atoms with Gasteiger partial charge in [0.15, 0.2) is 5.96 Å². The lowest BCUT2D eigenvalue weighted by Crippen LogP contribution is -2.38. The van der Waals surface area contributed by atoms with Gasteiger partial charge in [-0.1, -0.05) is 6.07 Å². The fourth-order valence-electron chi connectivity index (χ4n) is 2.16. The summed E-state index contributed by atoms with van der Waals surface area (Å²) in [4.78, 5) is 16.4. The Balaban J connectivity index is 0.00000625. The summed E-state index contributed by atoms with van der Waals surface area (Å²) >= 11 is 0. The normalized spacial score (nSPS) is 10.7. The zero-order valence-electron chi connectivity index (χ0n) is 16.0. The topological polar surface area (TPSA) is 81.2 Å². The number of hydrogen-bond acceptors (Lipinski definition) is 5. The van der Waals surface area contributed by atoms with E-state index in [0.717, 1.165) is 44.2 Å². The number of aliphatic imine (C=N–C) groups is 1. The molecule has 0 amide bonds. The highest BCUT2D eigenvalue weighted by atomic mass is 127. The second-order valence-corrected chi connectivity index (χ2v) is 5.20. The smallest absolute Gasteiger partial charge is 0.341 e. The molecule has 1 aromatic rings. The van der Waals surface area contributed by atoms with Gasteiger partial charge in [-0.2, -0.15) is 0 Å². The molecule has 8 heteroatoms. The Morgan fingerprint density at radius 1 is 1.19 bits per heavy atom. The lowest BCUT2D eigenvalue weighted by atomic mass is 10.1. The first-order chi connectivity index (χ1) is 12.2. The number of rotatable bonds is 10. The molecule has 0 aliphatic heterocycles. The van der Waals surface area contributed by atoms with Gasteiger partial charge in [0.1, 0.15) is 11.3 Å². The van der Waals surface area contributed by atoms with Crippen molar-refractivity contribution >= 4 is 35.9 Å². The van der Waals surface area contributed by atoms with Crippen molar-refractivity contribution in [1.29, 1.82) is 0 Å². The third-order valence-corrected chi connectivity index (χ3v) is 3.40. The first kappa shape index (κ1) is 24.5. The van der Waals surface area contributed by atoms with Gasteiger partial charge < -0.3 is 24.8 Å². The van der Waals surface area contributed by atoms with Gasteiger partial charge >= 0.3 is 5.97 Å². The van der Waals surface area contributed by atoms with Crippen LogP contribution in [0.25, 0.3) is 0 Å². The largest absolute Gasteiger partial charge is 0.496 e. The number of esters is 1. The molecular formula is C18H30IN3O4. The van der Waals surface area contributed by atoms with Crippen LogP contribution < -0.4 is 15.4 Å². The predicted molar refractivity (Wildman–Crippen MR) is 114 cm³/mol. The van der Waals surface area contributed by atoms with Crippen molar-refractivity contribution in [3.8, 4) is 5.75 Å². The second-order valence-electron chi connectivity index (χ2n) is 5.20. The van der Waals surface area contributed by atoms with Gasteiger partial charge in [-0.25, -0.2) is 9.79 Å². The zero-order valence-corrected chi connectivity index (χ0v) is 18.3. The van der Waals surface area contributed by atoms with E-state index < -0.39 is 5.97 Å². The van der Waals surface area contributed by atoms with Gasteiger partial charge in [0.25, 0.3) is 0 Å². The van der Waals surface area contributed by atoms with Gasteiger partial charge in [0, 0.05) is 26.3 Å². The minimum absolute atomic E-state index is 0. The minimum Gasteiger partial charge on any atom is -0.496 e. The van der Waals surface area contributed by atoms with Crippen molar-refractivity contribution in [1.82, 2.24) is 10.6 Å². The average molecular weight is 479 g/mol. The molecule has 0 saturated heterocycles. The number of guanidine groups is 1. The van der Waals surface area contributed by atoms with Gasteiger partial charge in [-0.3, -0.25) is 0 Å². The number of nitrogens with zero attached hydrogens (tertiary/aromatic N) is 1. The van der Waals surface area contributed by atoms with Crippen LogP contribution in [0.1, 0.15) is 36.2 Å². The van der Waals surface area contributed by atoms with Crippen LogP contribution in [0.3, 0.4) is 0 Å². The van der Waals surface area contributed by atoms with E-state index in [0.29, 0.717) is 17.9 Å². The summed E-state index contributed by atoms with van der Waals surface area (Å²) in [6, 6.07) is 5.37. The molecule has 0 aromatic heterocycles. The summed E-state index contributed by atoms with van der Waals surface area (Å²) in [6.45, 7) is 7.44. The number of carbonyl (C=O) groups excluding carboxylic acids is 1. The third-order valence-electron chi connectivity index (χ3n) is 3.40. The molecule has 2 N–H and O–H groups in total. The molecule has 1 rings (SSSR count). The van der Waals surface area contributed by atoms with Crippen molar-refractivity contribution in [2.45, 2.75) is 26.8 Å². The Bertz CT molecular complexity index is 567. The summed E-state index contributed by atoms with van der Waals surface area (Å²) in [7, 11) is 2.87. The first-order valence-corrected chi connectivity index (χ1v) is 8.51. The van der Waals surface area contributed by atoms with Crippen LogP contribution in [0.4, 0.5) is 0 Å². The van der Waals surface area contributed by atoms with E-state index in [-0.39, 0.29) is 24.0 Å². The number of nitrogens with one attached hydrogen (secondary N) is 2. The number of benzene rings is 1. The van der Waals surface area contributed by atoms with E-state index in [1.54, 1.807) is 12.1 Å². The number of carbonyl (C=O) groups is 1. The second kappa shape index (κ2) is 14.6. The lowest BCUT2D eigenvalue weighted by Gasteiger charge is -2.12. The van der Waals surface area contributed by atoms with Crippen molar-refractivity contribution in [3.05, 3.63) is 29.3 Å². The zero-order chi connectivity index (χ0) is 18.5. The average Bonchev–Trinajstić information content (AvgIpc) is 2.64. The molecule has 0 spiro atoms.